The minimum Gasteiger partial charge on any atom is -0.508 e. The second-order valence-electron chi connectivity index (χ2n) is 10.3. The third kappa shape index (κ3) is 2.39. The Morgan fingerprint density at radius 2 is 1.86 bits per heavy atom. The molecule has 0 unspecified atom stereocenters. The van der Waals surface area contributed by atoms with Crippen LogP contribution in [0.25, 0.3) is 10.9 Å². The molecule has 5 rings (SSSR count). The Hall–Kier alpha value is -2.29. The number of rotatable bonds is 1. The topological polar surface area (TPSA) is 36.0 Å². The van der Waals surface area contributed by atoms with Gasteiger partial charge < -0.3 is 10.1 Å². The number of hydrogen-bond donors (Lipinski definition) is 2. The van der Waals surface area contributed by atoms with Gasteiger partial charge >= 0.3 is 0 Å². The lowest BCUT2D eigenvalue weighted by Gasteiger charge is -2.54. The van der Waals surface area contributed by atoms with Gasteiger partial charge in [0, 0.05) is 27.4 Å². The van der Waals surface area contributed by atoms with Crippen LogP contribution < -0.4 is 0 Å². The number of aromatic nitrogens is 1. The summed E-state index contributed by atoms with van der Waals surface area (Å²) in [5, 5.41) is 11.6. The Morgan fingerprint density at radius 3 is 2.59 bits per heavy atom. The van der Waals surface area contributed by atoms with E-state index in [-0.39, 0.29) is 16.6 Å². The number of phenols is 1. The van der Waals surface area contributed by atoms with E-state index in [1.54, 1.807) is 12.1 Å². The minimum absolute atomic E-state index is 0.0363. The summed E-state index contributed by atoms with van der Waals surface area (Å²) in [6.45, 7) is 11.4. The van der Waals surface area contributed by atoms with Crippen LogP contribution in [0.1, 0.15) is 74.9 Å². The molecule has 3 aromatic rings. The third-order valence-corrected chi connectivity index (χ3v) is 7.91. The number of fused-ring (bicyclic) bond motifs is 6. The fraction of sp³-hybridized carbons (Fsp3) is 0.462. The maximum absolute atomic E-state index is 14.1. The van der Waals surface area contributed by atoms with Gasteiger partial charge in [0.05, 0.1) is 0 Å². The first kappa shape index (κ1) is 18.7. The highest BCUT2D eigenvalue weighted by Crippen LogP contribution is 2.58. The number of nitrogens with one attached hydrogen (secondary N) is 1. The largest absolute Gasteiger partial charge is 0.508 e. The van der Waals surface area contributed by atoms with Crippen molar-refractivity contribution in [2.75, 3.05) is 0 Å². The molecule has 0 fully saturated rings. The molecule has 2 aromatic carbocycles. The Balaban J connectivity index is 1.78. The van der Waals surface area contributed by atoms with E-state index >= 15 is 0 Å². The lowest BCUT2D eigenvalue weighted by Crippen LogP contribution is -2.51. The molecule has 2 nitrogen and oxygen atoms in total. The van der Waals surface area contributed by atoms with Crippen LogP contribution in [-0.2, 0) is 23.7 Å². The van der Waals surface area contributed by atoms with Crippen LogP contribution in [0.15, 0.2) is 30.3 Å². The molecule has 2 aliphatic rings. The van der Waals surface area contributed by atoms with Crippen LogP contribution in [0.5, 0.6) is 5.75 Å². The summed E-state index contributed by atoms with van der Waals surface area (Å²) in [5.74, 6) is 1.02. The molecule has 3 heteroatoms. The number of hydrogen-bond acceptors (Lipinski definition) is 1. The first-order chi connectivity index (χ1) is 13.6. The fourth-order valence-electron chi connectivity index (χ4n) is 6.77. The first-order valence-corrected chi connectivity index (χ1v) is 10.8. The molecular weight excluding hydrogens is 361 g/mol. The van der Waals surface area contributed by atoms with Crippen molar-refractivity contribution in [2.24, 2.45) is 5.92 Å². The normalized spacial score (nSPS) is 25.0. The molecule has 0 radical (unpaired) electrons. The smallest absolute Gasteiger partial charge is 0.123 e. The fourth-order valence-corrected chi connectivity index (χ4v) is 6.77. The quantitative estimate of drug-likeness (QED) is 0.489. The summed E-state index contributed by atoms with van der Waals surface area (Å²) < 4.78 is 14.1. The predicted octanol–water partition coefficient (Wildman–Crippen LogP) is 6.49. The zero-order chi connectivity index (χ0) is 20.7. The molecule has 0 saturated heterocycles. The van der Waals surface area contributed by atoms with Gasteiger partial charge in [-0.1, -0.05) is 40.7 Å². The summed E-state index contributed by atoms with van der Waals surface area (Å²) >= 11 is 0. The molecule has 2 atom stereocenters. The molecule has 0 bridgehead atoms. The minimum atomic E-state index is -0.180. The number of phenolic OH excluding ortho intramolecular Hbond substituents is 1. The van der Waals surface area contributed by atoms with Gasteiger partial charge in [-0.3, -0.25) is 0 Å². The molecular formula is C26H30FNO. The van der Waals surface area contributed by atoms with E-state index in [0.717, 1.165) is 35.7 Å². The molecule has 0 spiro atoms. The standard InChI is InChI=1S/C26H30FNO/c1-14(2)23-16-7-11-22-25(3,4)24-18(17-12-15(27)6-9-20(17)28-24)13-26(22,5)19(16)8-10-21(23)29/h6,8-10,12,14,22,28-29H,7,11,13H2,1-5H3/t22-,26+/m0/s1. The first-order valence-electron chi connectivity index (χ1n) is 10.8. The van der Waals surface area contributed by atoms with Crippen molar-refractivity contribution in [2.45, 2.75) is 70.6 Å². The predicted molar refractivity (Wildman–Crippen MR) is 116 cm³/mol. The van der Waals surface area contributed by atoms with Gasteiger partial charge in [0.25, 0.3) is 0 Å². The van der Waals surface area contributed by atoms with Crippen molar-refractivity contribution < 1.29 is 9.50 Å². The highest BCUT2D eigenvalue weighted by Gasteiger charge is 2.53. The second kappa shape index (κ2) is 5.87. The average molecular weight is 392 g/mol. The van der Waals surface area contributed by atoms with Crippen LogP contribution in [0, 0.1) is 11.7 Å². The van der Waals surface area contributed by atoms with E-state index in [4.69, 9.17) is 0 Å². The summed E-state index contributed by atoms with van der Waals surface area (Å²) in [6.07, 6.45) is 3.00. The number of H-pyrrole nitrogens is 1. The summed E-state index contributed by atoms with van der Waals surface area (Å²) in [4.78, 5) is 3.64. The molecule has 0 aliphatic heterocycles. The zero-order valence-corrected chi connectivity index (χ0v) is 18.0. The number of aromatic amines is 1. The molecule has 29 heavy (non-hydrogen) atoms. The van der Waals surface area contributed by atoms with Gasteiger partial charge in [-0.05, 0) is 77.6 Å². The molecule has 1 heterocycles. The Kier molecular flexibility index (Phi) is 3.79. The summed E-state index contributed by atoms with van der Waals surface area (Å²) in [6, 6.07) is 9.13. The molecule has 2 N–H and O–H groups in total. The van der Waals surface area contributed by atoms with Gasteiger partial charge in [0.2, 0.25) is 0 Å². The second-order valence-corrected chi connectivity index (χ2v) is 10.3. The number of halogens is 1. The monoisotopic (exact) mass is 391 g/mol. The SMILES string of the molecule is CC(C)c1c(O)ccc2c1CC[C@H]1C(C)(C)c3[nH]c4ccc(F)cc4c3C[C@]21C. The highest BCUT2D eigenvalue weighted by atomic mass is 19.1. The van der Waals surface area contributed by atoms with Crippen LogP contribution in [0.3, 0.4) is 0 Å². The highest BCUT2D eigenvalue weighted by molar-refractivity contribution is 5.86. The molecule has 0 amide bonds. The van der Waals surface area contributed by atoms with E-state index in [1.165, 1.54) is 22.4 Å². The van der Waals surface area contributed by atoms with Crippen molar-refractivity contribution in [1.82, 2.24) is 4.98 Å². The maximum atomic E-state index is 14.1. The van der Waals surface area contributed by atoms with E-state index in [1.807, 2.05) is 12.1 Å². The van der Waals surface area contributed by atoms with E-state index in [2.05, 4.69) is 45.7 Å². The van der Waals surface area contributed by atoms with Gasteiger partial charge in [-0.2, -0.15) is 0 Å². The van der Waals surface area contributed by atoms with E-state index in [9.17, 15) is 9.50 Å². The van der Waals surface area contributed by atoms with Crippen LogP contribution in [0.2, 0.25) is 0 Å². The van der Waals surface area contributed by atoms with Gasteiger partial charge in [0.15, 0.2) is 0 Å². The van der Waals surface area contributed by atoms with Gasteiger partial charge in [-0.25, -0.2) is 4.39 Å². The lowest BCUT2D eigenvalue weighted by atomic mass is 9.49. The van der Waals surface area contributed by atoms with Crippen molar-refractivity contribution in [3.05, 3.63) is 64.1 Å². The zero-order valence-electron chi connectivity index (χ0n) is 18.0. The van der Waals surface area contributed by atoms with Gasteiger partial charge in [-0.15, -0.1) is 0 Å². The Bertz CT molecular complexity index is 1140. The Labute approximate surface area is 172 Å². The summed E-state index contributed by atoms with van der Waals surface area (Å²) in [7, 11) is 0. The van der Waals surface area contributed by atoms with Gasteiger partial charge in [0.1, 0.15) is 11.6 Å². The van der Waals surface area contributed by atoms with E-state index < -0.39 is 0 Å². The number of aromatic hydroxyl groups is 1. The van der Waals surface area contributed by atoms with Crippen molar-refractivity contribution in [1.29, 1.82) is 0 Å². The Morgan fingerprint density at radius 1 is 1.10 bits per heavy atom. The van der Waals surface area contributed by atoms with Crippen LogP contribution >= 0.6 is 0 Å². The average Bonchev–Trinajstić information content (AvgIpc) is 2.99. The molecule has 152 valence electrons. The van der Waals surface area contributed by atoms with E-state index in [0.29, 0.717) is 17.6 Å². The van der Waals surface area contributed by atoms with Crippen molar-refractivity contribution >= 4 is 10.9 Å². The summed E-state index contributed by atoms with van der Waals surface area (Å²) in [5.41, 5.74) is 7.30. The third-order valence-electron chi connectivity index (χ3n) is 7.91. The molecule has 1 aromatic heterocycles. The van der Waals surface area contributed by atoms with Crippen molar-refractivity contribution in [3.8, 4) is 5.75 Å². The number of benzene rings is 2. The van der Waals surface area contributed by atoms with Crippen LogP contribution in [0.4, 0.5) is 4.39 Å². The lowest BCUT2D eigenvalue weighted by molar-refractivity contribution is 0.137. The molecule has 2 aliphatic carbocycles. The van der Waals surface area contributed by atoms with Crippen molar-refractivity contribution in [3.63, 3.8) is 0 Å². The molecule has 0 saturated carbocycles. The van der Waals surface area contributed by atoms with Crippen LogP contribution in [-0.4, -0.2) is 10.1 Å². The maximum Gasteiger partial charge on any atom is 0.123 e.